The van der Waals surface area contributed by atoms with Gasteiger partial charge in [-0.05, 0) is 0 Å². The number of aliphatic carboxylic acids is 1. The van der Waals surface area contributed by atoms with E-state index in [1.165, 1.54) is 0 Å². The number of hydrogen-bond donors (Lipinski definition) is 2. The molecule has 4 nitrogen and oxygen atoms in total. The topological polar surface area (TPSA) is 74.6 Å². The van der Waals surface area contributed by atoms with Gasteiger partial charge in [0.05, 0.1) is 0 Å². The molecule has 0 aromatic carbocycles. The Balaban J connectivity index is -0.000000142. The minimum absolute atomic E-state index is 0. The molecule has 0 atom stereocenters. The molecule has 0 aromatic heterocycles. The van der Waals surface area contributed by atoms with Crippen LogP contribution in [0.1, 0.15) is 20.8 Å². The quantitative estimate of drug-likeness (QED) is 0.516. The van der Waals surface area contributed by atoms with Crippen LogP contribution in [0.3, 0.4) is 0 Å². The van der Waals surface area contributed by atoms with Crippen molar-refractivity contribution in [3.63, 3.8) is 0 Å². The molecule has 70 valence electrons. The van der Waals surface area contributed by atoms with Gasteiger partial charge in [0.2, 0.25) is 0 Å². The standard InChI is InChI=1S/C4H11O2P.C2H4O2.Na.H/c1-3-7(5,6)4-2;1-2(3)4;;/h3-4H2,1-2H3,(H,5,6);1H3,(H,3,4);;. The van der Waals surface area contributed by atoms with Gasteiger partial charge in [-0.15, -0.1) is 0 Å². The molecule has 0 aliphatic carbocycles. The Bertz CT molecular complexity index is 148. The predicted molar refractivity (Wildman–Crippen MR) is 51.4 cm³/mol. The maximum absolute atomic E-state index is 10.5. The monoisotopic (exact) mass is 206 g/mol. The Kier molecular flexibility index (Phi) is 15.0. The van der Waals surface area contributed by atoms with E-state index in [2.05, 4.69) is 0 Å². The molecule has 0 amide bonds. The van der Waals surface area contributed by atoms with E-state index in [-0.39, 0.29) is 29.6 Å². The third-order valence-electron chi connectivity index (χ3n) is 0.988. The van der Waals surface area contributed by atoms with Crippen LogP contribution in [-0.2, 0) is 9.36 Å². The summed E-state index contributed by atoms with van der Waals surface area (Å²) in [6.07, 6.45) is 0.812. The summed E-state index contributed by atoms with van der Waals surface area (Å²) in [5.74, 6) is -0.833. The van der Waals surface area contributed by atoms with Gasteiger partial charge in [-0.3, -0.25) is 9.36 Å². The van der Waals surface area contributed by atoms with Gasteiger partial charge in [0.1, 0.15) is 0 Å². The Morgan fingerprint density at radius 2 is 1.50 bits per heavy atom. The van der Waals surface area contributed by atoms with E-state index in [0.717, 1.165) is 6.92 Å². The molecule has 12 heavy (non-hydrogen) atoms. The van der Waals surface area contributed by atoms with E-state index >= 15 is 0 Å². The van der Waals surface area contributed by atoms with Crippen LogP contribution < -0.4 is 0 Å². The summed E-state index contributed by atoms with van der Waals surface area (Å²) in [4.78, 5) is 17.7. The fourth-order valence-electron chi connectivity index (χ4n) is 0.224. The van der Waals surface area contributed by atoms with Gasteiger partial charge in [-0.1, -0.05) is 13.8 Å². The molecule has 0 bridgehead atoms. The molecule has 0 aliphatic heterocycles. The van der Waals surface area contributed by atoms with Crippen molar-refractivity contribution in [2.45, 2.75) is 20.8 Å². The summed E-state index contributed by atoms with van der Waals surface area (Å²) in [7, 11) is -2.65. The van der Waals surface area contributed by atoms with Crippen molar-refractivity contribution in [2.75, 3.05) is 12.3 Å². The normalized spacial score (nSPS) is 9.00. The van der Waals surface area contributed by atoms with E-state index in [4.69, 9.17) is 14.8 Å². The summed E-state index contributed by atoms with van der Waals surface area (Å²) in [5, 5.41) is 7.42. The second-order valence-corrected chi connectivity index (χ2v) is 4.96. The molecule has 6 heteroatoms. The van der Waals surface area contributed by atoms with Crippen LogP contribution in [0.5, 0.6) is 0 Å². The molecule has 0 aliphatic rings. The average molecular weight is 206 g/mol. The van der Waals surface area contributed by atoms with Gasteiger partial charge >= 0.3 is 29.6 Å². The Morgan fingerprint density at radius 3 is 1.50 bits per heavy atom. The first kappa shape index (κ1) is 18.4. The number of carboxylic acid groups (broad SMARTS) is 1. The molecule has 0 heterocycles. The molecular formula is C6H16NaO4P. The Morgan fingerprint density at radius 1 is 1.33 bits per heavy atom. The summed E-state index contributed by atoms with van der Waals surface area (Å²) < 4.78 is 10.5. The van der Waals surface area contributed by atoms with Crippen LogP contribution in [0.2, 0.25) is 0 Å². The van der Waals surface area contributed by atoms with Gasteiger partial charge in [-0.25, -0.2) is 0 Å². The number of rotatable bonds is 2. The van der Waals surface area contributed by atoms with E-state index in [9.17, 15) is 4.57 Å². The third-order valence-corrected chi connectivity index (χ3v) is 2.96. The van der Waals surface area contributed by atoms with Crippen LogP contribution in [0, 0.1) is 0 Å². The van der Waals surface area contributed by atoms with Crippen molar-refractivity contribution >= 4 is 42.9 Å². The van der Waals surface area contributed by atoms with E-state index in [1.54, 1.807) is 13.8 Å². The molecule has 0 unspecified atom stereocenters. The molecule has 0 saturated heterocycles. The third kappa shape index (κ3) is 22.4. The number of carboxylic acids is 1. The van der Waals surface area contributed by atoms with Crippen LogP contribution in [0.25, 0.3) is 0 Å². The maximum atomic E-state index is 10.5. The molecule has 0 spiro atoms. The van der Waals surface area contributed by atoms with Crippen molar-refractivity contribution in [3.8, 4) is 0 Å². The fourth-order valence-corrected chi connectivity index (χ4v) is 0.671. The minimum atomic E-state index is -2.65. The van der Waals surface area contributed by atoms with E-state index in [0.29, 0.717) is 12.3 Å². The first-order valence-electron chi connectivity index (χ1n) is 3.36. The second kappa shape index (κ2) is 9.75. The van der Waals surface area contributed by atoms with Crippen LogP contribution in [-0.4, -0.2) is 57.9 Å². The Hall–Kier alpha value is 0.660. The first-order valence-corrected chi connectivity index (χ1v) is 5.39. The summed E-state index contributed by atoms with van der Waals surface area (Å²) in [6.45, 7) is 4.54. The van der Waals surface area contributed by atoms with Crippen molar-refractivity contribution in [2.24, 2.45) is 0 Å². The zero-order valence-electron chi connectivity index (χ0n) is 7.07. The van der Waals surface area contributed by atoms with Gasteiger partial charge in [0, 0.05) is 19.2 Å². The van der Waals surface area contributed by atoms with E-state index < -0.39 is 13.3 Å². The summed E-state index contributed by atoms with van der Waals surface area (Å²) in [5.41, 5.74) is 0. The van der Waals surface area contributed by atoms with Crippen LogP contribution >= 0.6 is 7.37 Å². The SMILES string of the molecule is CC(=O)O.CCP(=O)(O)CC.[NaH]. The molecule has 2 N–H and O–H groups in total. The zero-order valence-corrected chi connectivity index (χ0v) is 7.97. The summed E-state index contributed by atoms with van der Waals surface area (Å²) in [6, 6.07) is 0. The van der Waals surface area contributed by atoms with Crippen molar-refractivity contribution in [1.29, 1.82) is 0 Å². The van der Waals surface area contributed by atoms with Crippen LogP contribution in [0.15, 0.2) is 0 Å². The van der Waals surface area contributed by atoms with Gasteiger partial charge in [0.25, 0.3) is 5.97 Å². The molecule has 0 fully saturated rings. The molecular weight excluding hydrogens is 190 g/mol. The average Bonchev–Trinajstić information content (AvgIpc) is 1.87. The van der Waals surface area contributed by atoms with Gasteiger partial charge in [0.15, 0.2) is 7.37 Å². The Labute approximate surface area is 95.1 Å². The first-order chi connectivity index (χ1) is 4.85. The molecule has 0 aromatic rings. The van der Waals surface area contributed by atoms with Crippen molar-refractivity contribution in [3.05, 3.63) is 0 Å². The van der Waals surface area contributed by atoms with Crippen molar-refractivity contribution in [1.82, 2.24) is 0 Å². The summed E-state index contributed by atoms with van der Waals surface area (Å²) >= 11 is 0. The number of carbonyl (C=O) groups is 1. The second-order valence-electron chi connectivity index (χ2n) is 2.00. The number of hydrogen-bond acceptors (Lipinski definition) is 2. The van der Waals surface area contributed by atoms with Crippen LogP contribution in [0.4, 0.5) is 0 Å². The fraction of sp³-hybridized carbons (Fsp3) is 0.833. The molecule has 0 rings (SSSR count). The van der Waals surface area contributed by atoms with Gasteiger partial charge < -0.3 is 10.00 Å². The van der Waals surface area contributed by atoms with Crippen molar-refractivity contribution < 1.29 is 19.4 Å². The van der Waals surface area contributed by atoms with Gasteiger partial charge in [-0.2, -0.15) is 0 Å². The van der Waals surface area contributed by atoms with E-state index in [1.807, 2.05) is 0 Å². The molecule has 0 saturated carbocycles. The predicted octanol–water partition coefficient (Wildman–Crippen LogP) is 0.739. The zero-order chi connectivity index (χ0) is 9.49. The molecule has 0 radical (unpaired) electrons.